The van der Waals surface area contributed by atoms with Gasteiger partial charge in [-0.1, -0.05) is 0 Å². The maximum Gasteiger partial charge on any atom is 0.221 e. The first kappa shape index (κ1) is 18.5. The smallest absolute Gasteiger partial charge is 0.221 e. The Bertz CT molecular complexity index is 667. The molecule has 132 valence electrons. The third-order valence-electron chi connectivity index (χ3n) is 3.18. The fourth-order valence-corrected chi connectivity index (χ4v) is 2.02. The van der Waals surface area contributed by atoms with Gasteiger partial charge in [-0.15, -0.1) is 0 Å². The molecule has 0 bridgehead atoms. The summed E-state index contributed by atoms with van der Waals surface area (Å²) in [5.41, 5.74) is 1.35. The Morgan fingerprint density at radius 2 is 1.40 bits per heavy atom. The van der Waals surface area contributed by atoms with Gasteiger partial charge in [0.15, 0.2) is 0 Å². The van der Waals surface area contributed by atoms with Crippen LogP contribution in [0.2, 0.25) is 0 Å². The fraction of sp³-hybridized carbons (Fsp3) is 0.263. The van der Waals surface area contributed by atoms with Crippen LogP contribution in [0.5, 0.6) is 11.5 Å². The lowest BCUT2D eigenvalue weighted by Crippen LogP contribution is -2.12. The zero-order valence-corrected chi connectivity index (χ0v) is 14.1. The van der Waals surface area contributed by atoms with Gasteiger partial charge in [-0.3, -0.25) is 9.59 Å². The maximum atomic E-state index is 10.9. The van der Waals surface area contributed by atoms with Crippen molar-refractivity contribution in [2.24, 2.45) is 0 Å². The minimum atomic E-state index is -0.107. The summed E-state index contributed by atoms with van der Waals surface area (Å²) >= 11 is 0. The number of ether oxygens (including phenoxy) is 3. The predicted molar refractivity (Wildman–Crippen MR) is 94.4 cm³/mol. The summed E-state index contributed by atoms with van der Waals surface area (Å²) in [6.07, 6.45) is 0.792. The molecule has 1 N–H and O–H groups in total. The molecule has 6 heteroatoms. The lowest BCUT2D eigenvalue weighted by Gasteiger charge is -2.09. The van der Waals surface area contributed by atoms with E-state index in [1.165, 1.54) is 6.92 Å². The SMILES string of the molecule is CC(=O)Nc1ccc(OCCOCCOc2ccc(C=O)cc2)cc1. The van der Waals surface area contributed by atoms with Crippen molar-refractivity contribution in [1.82, 2.24) is 0 Å². The third kappa shape index (κ3) is 7.05. The highest BCUT2D eigenvalue weighted by molar-refractivity contribution is 5.88. The second kappa shape index (κ2) is 10.1. The van der Waals surface area contributed by atoms with Gasteiger partial charge in [0.25, 0.3) is 0 Å². The summed E-state index contributed by atoms with van der Waals surface area (Å²) < 4.78 is 16.5. The lowest BCUT2D eigenvalue weighted by atomic mass is 10.2. The highest BCUT2D eigenvalue weighted by Gasteiger charge is 1.98. The number of benzene rings is 2. The molecule has 0 heterocycles. The Morgan fingerprint density at radius 1 is 0.880 bits per heavy atom. The van der Waals surface area contributed by atoms with Gasteiger partial charge in [-0.2, -0.15) is 0 Å². The first-order chi connectivity index (χ1) is 12.2. The monoisotopic (exact) mass is 343 g/mol. The van der Waals surface area contributed by atoms with E-state index in [1.54, 1.807) is 48.5 Å². The molecule has 0 atom stereocenters. The first-order valence-electron chi connectivity index (χ1n) is 7.93. The van der Waals surface area contributed by atoms with E-state index in [-0.39, 0.29) is 5.91 Å². The second-order valence-electron chi connectivity index (χ2n) is 5.20. The van der Waals surface area contributed by atoms with Gasteiger partial charge >= 0.3 is 0 Å². The molecule has 0 radical (unpaired) electrons. The van der Waals surface area contributed by atoms with E-state index in [4.69, 9.17) is 14.2 Å². The summed E-state index contributed by atoms with van der Waals surface area (Å²) in [7, 11) is 0. The summed E-state index contributed by atoms with van der Waals surface area (Å²) in [6.45, 7) is 3.20. The zero-order chi connectivity index (χ0) is 17.9. The summed E-state index contributed by atoms with van der Waals surface area (Å²) in [6, 6.07) is 14.0. The van der Waals surface area contributed by atoms with Crippen molar-refractivity contribution in [3.05, 3.63) is 54.1 Å². The van der Waals surface area contributed by atoms with Crippen molar-refractivity contribution in [3.8, 4) is 11.5 Å². The average molecular weight is 343 g/mol. The van der Waals surface area contributed by atoms with Crippen molar-refractivity contribution in [2.75, 3.05) is 31.7 Å². The number of nitrogens with one attached hydrogen (secondary N) is 1. The largest absolute Gasteiger partial charge is 0.491 e. The number of amides is 1. The molecule has 0 unspecified atom stereocenters. The molecule has 0 saturated carbocycles. The number of hydrogen-bond acceptors (Lipinski definition) is 5. The third-order valence-corrected chi connectivity index (χ3v) is 3.18. The maximum absolute atomic E-state index is 10.9. The molecule has 0 aliphatic carbocycles. The van der Waals surface area contributed by atoms with Gasteiger partial charge in [0.05, 0.1) is 13.2 Å². The highest BCUT2D eigenvalue weighted by atomic mass is 16.5. The van der Waals surface area contributed by atoms with Gasteiger partial charge in [0, 0.05) is 18.2 Å². The van der Waals surface area contributed by atoms with Crippen LogP contribution in [-0.2, 0) is 9.53 Å². The van der Waals surface area contributed by atoms with Gasteiger partial charge < -0.3 is 19.5 Å². The van der Waals surface area contributed by atoms with E-state index in [1.807, 2.05) is 0 Å². The number of hydrogen-bond donors (Lipinski definition) is 1. The van der Waals surface area contributed by atoms with Crippen LogP contribution in [0.25, 0.3) is 0 Å². The van der Waals surface area contributed by atoms with Crippen LogP contribution in [-0.4, -0.2) is 38.6 Å². The lowest BCUT2D eigenvalue weighted by molar-refractivity contribution is -0.114. The fourth-order valence-electron chi connectivity index (χ4n) is 2.02. The minimum absolute atomic E-state index is 0.107. The summed E-state index contributed by atoms with van der Waals surface area (Å²) in [4.78, 5) is 21.5. The number of aldehydes is 1. The number of carbonyl (C=O) groups excluding carboxylic acids is 2. The molecule has 0 aromatic heterocycles. The normalized spacial score (nSPS) is 10.1. The van der Waals surface area contributed by atoms with Crippen LogP contribution < -0.4 is 14.8 Å². The molecule has 0 spiro atoms. The van der Waals surface area contributed by atoms with Crippen LogP contribution in [0.15, 0.2) is 48.5 Å². The summed E-state index contributed by atoms with van der Waals surface area (Å²) in [5.74, 6) is 1.30. The van der Waals surface area contributed by atoms with Gasteiger partial charge in [-0.05, 0) is 48.5 Å². The van der Waals surface area contributed by atoms with Gasteiger partial charge in [0.2, 0.25) is 5.91 Å². The van der Waals surface area contributed by atoms with E-state index < -0.39 is 0 Å². The molecular formula is C19H21NO5. The Kier molecular flexibility index (Phi) is 7.46. The molecule has 0 aliphatic heterocycles. The van der Waals surface area contributed by atoms with Crippen LogP contribution in [0.4, 0.5) is 5.69 Å². The van der Waals surface area contributed by atoms with Crippen molar-refractivity contribution in [3.63, 3.8) is 0 Å². The van der Waals surface area contributed by atoms with Crippen molar-refractivity contribution < 1.29 is 23.8 Å². The molecule has 0 aliphatic rings. The standard InChI is InChI=1S/C19H21NO5/c1-15(22)20-17-4-8-19(9-5-17)25-13-11-23-10-12-24-18-6-2-16(14-21)3-7-18/h2-9,14H,10-13H2,1H3,(H,20,22). The minimum Gasteiger partial charge on any atom is -0.491 e. The summed E-state index contributed by atoms with van der Waals surface area (Å²) in [5, 5.41) is 2.69. The first-order valence-corrected chi connectivity index (χ1v) is 7.93. The molecule has 2 aromatic carbocycles. The molecule has 2 rings (SSSR count). The highest BCUT2D eigenvalue weighted by Crippen LogP contribution is 2.15. The van der Waals surface area contributed by atoms with Crippen LogP contribution in [0.3, 0.4) is 0 Å². The van der Waals surface area contributed by atoms with Crippen molar-refractivity contribution in [2.45, 2.75) is 6.92 Å². The zero-order valence-electron chi connectivity index (χ0n) is 14.1. The van der Waals surface area contributed by atoms with Gasteiger partial charge in [0.1, 0.15) is 31.0 Å². The second-order valence-corrected chi connectivity index (χ2v) is 5.20. The van der Waals surface area contributed by atoms with Crippen molar-refractivity contribution >= 4 is 17.9 Å². The van der Waals surface area contributed by atoms with E-state index in [9.17, 15) is 9.59 Å². The van der Waals surface area contributed by atoms with Crippen LogP contribution >= 0.6 is 0 Å². The van der Waals surface area contributed by atoms with Crippen molar-refractivity contribution in [1.29, 1.82) is 0 Å². The van der Waals surface area contributed by atoms with E-state index >= 15 is 0 Å². The van der Waals surface area contributed by atoms with E-state index in [0.29, 0.717) is 43.5 Å². The average Bonchev–Trinajstić information content (AvgIpc) is 2.62. The number of carbonyl (C=O) groups is 2. The van der Waals surface area contributed by atoms with E-state index in [2.05, 4.69) is 5.32 Å². The molecule has 0 saturated heterocycles. The Balaban J connectivity index is 1.55. The molecule has 25 heavy (non-hydrogen) atoms. The number of anilines is 1. The Hall–Kier alpha value is -2.86. The van der Waals surface area contributed by atoms with E-state index in [0.717, 1.165) is 12.0 Å². The Labute approximate surface area is 146 Å². The van der Waals surface area contributed by atoms with Crippen LogP contribution in [0.1, 0.15) is 17.3 Å². The predicted octanol–water partition coefficient (Wildman–Crippen LogP) is 2.93. The quantitative estimate of drug-likeness (QED) is 0.530. The molecule has 1 amide bonds. The number of rotatable bonds is 10. The van der Waals surface area contributed by atoms with Gasteiger partial charge in [-0.25, -0.2) is 0 Å². The topological polar surface area (TPSA) is 73.9 Å². The molecule has 2 aromatic rings. The molecule has 6 nitrogen and oxygen atoms in total. The molecular weight excluding hydrogens is 322 g/mol. The Morgan fingerprint density at radius 3 is 1.88 bits per heavy atom. The van der Waals surface area contributed by atoms with Crippen LogP contribution in [0, 0.1) is 0 Å². The molecule has 0 fully saturated rings.